The van der Waals surface area contributed by atoms with Gasteiger partial charge in [0, 0.05) is 31.7 Å². The molecule has 2 heterocycles. The molecule has 0 saturated carbocycles. The molecule has 21 heavy (non-hydrogen) atoms. The molecule has 0 bridgehead atoms. The van der Waals surface area contributed by atoms with Gasteiger partial charge in [0.25, 0.3) is 5.91 Å². The van der Waals surface area contributed by atoms with E-state index in [1.54, 1.807) is 17.8 Å². The van der Waals surface area contributed by atoms with Gasteiger partial charge < -0.3 is 4.90 Å². The molecule has 1 saturated heterocycles. The first kappa shape index (κ1) is 15.8. The highest BCUT2D eigenvalue weighted by molar-refractivity contribution is 8.03. The van der Waals surface area contributed by atoms with Crippen LogP contribution in [-0.2, 0) is 9.59 Å². The number of amides is 2. The minimum atomic E-state index is -0.356. The molecule has 0 aromatic carbocycles. The van der Waals surface area contributed by atoms with Gasteiger partial charge in [0.2, 0.25) is 5.91 Å². The first-order valence-electron chi connectivity index (χ1n) is 6.92. The first-order chi connectivity index (χ1) is 9.71. The normalized spacial score (nSPS) is 23.5. The Morgan fingerprint density at radius 1 is 1.33 bits per heavy atom. The van der Waals surface area contributed by atoms with E-state index in [0.29, 0.717) is 11.3 Å². The van der Waals surface area contributed by atoms with E-state index >= 15 is 0 Å². The smallest absolute Gasteiger partial charge is 0.283 e. The maximum atomic E-state index is 12.4. The van der Waals surface area contributed by atoms with E-state index < -0.39 is 0 Å². The van der Waals surface area contributed by atoms with Crippen molar-refractivity contribution in [3.63, 3.8) is 0 Å². The lowest BCUT2D eigenvalue weighted by Gasteiger charge is -2.17. The average molecular weight is 307 g/mol. The lowest BCUT2D eigenvalue weighted by molar-refractivity contribution is -0.139. The van der Waals surface area contributed by atoms with E-state index in [1.165, 1.54) is 6.92 Å². The van der Waals surface area contributed by atoms with Gasteiger partial charge in [-0.3, -0.25) is 9.59 Å². The number of carbonyl (C=O) groups is 2. The van der Waals surface area contributed by atoms with Crippen molar-refractivity contribution in [1.82, 2.24) is 9.91 Å². The van der Waals surface area contributed by atoms with E-state index in [-0.39, 0.29) is 17.2 Å². The summed E-state index contributed by atoms with van der Waals surface area (Å²) in [5, 5.41) is 6.30. The van der Waals surface area contributed by atoms with Gasteiger partial charge in [-0.2, -0.15) is 10.1 Å². The molecule has 5 nitrogen and oxygen atoms in total. The van der Waals surface area contributed by atoms with Crippen molar-refractivity contribution < 1.29 is 9.59 Å². The van der Waals surface area contributed by atoms with Crippen LogP contribution in [0.4, 0.5) is 0 Å². The highest BCUT2D eigenvalue weighted by Crippen LogP contribution is 2.30. The average Bonchev–Trinajstić information content (AvgIpc) is 2.90. The number of hydrogen-bond acceptors (Lipinski definition) is 5. The van der Waals surface area contributed by atoms with E-state index in [4.69, 9.17) is 0 Å². The van der Waals surface area contributed by atoms with E-state index in [9.17, 15) is 9.59 Å². The summed E-state index contributed by atoms with van der Waals surface area (Å²) < 4.78 is 0. The molecule has 2 amide bonds. The second-order valence-electron chi connectivity index (χ2n) is 6.19. The van der Waals surface area contributed by atoms with Crippen LogP contribution in [0.25, 0.3) is 0 Å². The minimum absolute atomic E-state index is 0.293. The van der Waals surface area contributed by atoms with Crippen molar-refractivity contribution in [3.05, 3.63) is 22.8 Å². The number of nitrogens with zero attached hydrogens (tertiary/aromatic N) is 3. The number of hydrogen-bond donors (Lipinski definition) is 0. The Morgan fingerprint density at radius 3 is 2.48 bits per heavy atom. The van der Waals surface area contributed by atoms with Gasteiger partial charge in [-0.05, 0) is 12.2 Å². The Kier molecular flexibility index (Phi) is 4.27. The number of carbonyl (C=O) groups excluding carboxylic acids is 2. The van der Waals surface area contributed by atoms with Crippen LogP contribution in [0.3, 0.4) is 0 Å². The van der Waals surface area contributed by atoms with E-state index in [1.807, 2.05) is 33.9 Å². The first-order valence-corrected chi connectivity index (χ1v) is 7.91. The molecule has 0 aromatic heterocycles. The second kappa shape index (κ2) is 5.67. The fourth-order valence-corrected chi connectivity index (χ4v) is 3.22. The van der Waals surface area contributed by atoms with Crippen LogP contribution in [0.2, 0.25) is 0 Å². The molecule has 114 valence electrons. The Morgan fingerprint density at radius 2 is 2.00 bits per heavy atom. The van der Waals surface area contributed by atoms with Gasteiger partial charge in [-0.1, -0.05) is 20.8 Å². The summed E-state index contributed by atoms with van der Waals surface area (Å²) in [4.78, 5) is 26.0. The van der Waals surface area contributed by atoms with Gasteiger partial charge in [-0.15, -0.1) is 11.8 Å². The summed E-state index contributed by atoms with van der Waals surface area (Å²) in [5.74, 6) is 0.360. The van der Waals surface area contributed by atoms with Crippen molar-refractivity contribution in [2.75, 3.05) is 19.3 Å². The number of thioether (sulfide) groups is 1. The summed E-state index contributed by atoms with van der Waals surface area (Å²) in [6.07, 6.45) is 3.73. The minimum Gasteiger partial charge on any atom is -0.369 e. The Labute approximate surface area is 129 Å². The molecule has 2 rings (SSSR count). The zero-order valence-electron chi connectivity index (χ0n) is 13.1. The zero-order valence-corrected chi connectivity index (χ0v) is 14.0. The van der Waals surface area contributed by atoms with Gasteiger partial charge in [0.1, 0.15) is 0 Å². The van der Waals surface area contributed by atoms with Crippen LogP contribution in [-0.4, -0.2) is 46.8 Å². The van der Waals surface area contributed by atoms with Crippen molar-refractivity contribution in [2.24, 2.45) is 10.5 Å². The standard InChI is InChI=1S/C15H21N3O2S/c1-10(19)18-14(20)11(13(16-18)15(2,3)4)6-7-12-17(5)8-9-21-12/h6-7H,8-9H2,1-5H3/b11-6+,12-7+. The lowest BCUT2D eigenvalue weighted by atomic mass is 9.85. The molecule has 0 atom stereocenters. The van der Waals surface area contributed by atoms with Gasteiger partial charge in [0.05, 0.1) is 16.3 Å². The third-order valence-electron chi connectivity index (χ3n) is 3.33. The van der Waals surface area contributed by atoms with Crippen LogP contribution in [0.15, 0.2) is 27.9 Å². The summed E-state index contributed by atoms with van der Waals surface area (Å²) in [5.41, 5.74) is 0.871. The molecule has 0 spiro atoms. The molecular weight excluding hydrogens is 286 g/mol. The van der Waals surface area contributed by atoms with Crippen LogP contribution in [0, 0.1) is 5.41 Å². The molecule has 0 aromatic rings. The van der Waals surface area contributed by atoms with Gasteiger partial charge >= 0.3 is 0 Å². The third-order valence-corrected chi connectivity index (χ3v) is 4.46. The molecular formula is C15H21N3O2S. The Hall–Kier alpha value is -1.56. The van der Waals surface area contributed by atoms with Gasteiger partial charge in [-0.25, -0.2) is 0 Å². The number of hydrazone groups is 1. The van der Waals surface area contributed by atoms with Crippen LogP contribution in [0.1, 0.15) is 27.7 Å². The van der Waals surface area contributed by atoms with Crippen molar-refractivity contribution in [2.45, 2.75) is 27.7 Å². The fraction of sp³-hybridized carbons (Fsp3) is 0.533. The Balaban J connectivity index is 2.38. The molecule has 0 aliphatic carbocycles. The molecule has 0 N–H and O–H groups in total. The highest BCUT2D eigenvalue weighted by Gasteiger charge is 2.37. The van der Waals surface area contributed by atoms with Crippen molar-refractivity contribution in [1.29, 1.82) is 0 Å². The lowest BCUT2D eigenvalue weighted by Crippen LogP contribution is -2.27. The topological polar surface area (TPSA) is 53.0 Å². The predicted molar refractivity (Wildman–Crippen MR) is 85.7 cm³/mol. The molecule has 0 unspecified atom stereocenters. The SMILES string of the molecule is CC(=O)N1N=C(C(C)(C)C)/C(=C\C=C2\SCCN2C)C1=O. The van der Waals surface area contributed by atoms with E-state index in [2.05, 4.69) is 10.0 Å². The number of imide groups is 1. The molecule has 2 aliphatic heterocycles. The highest BCUT2D eigenvalue weighted by atomic mass is 32.2. The molecule has 1 fully saturated rings. The quantitative estimate of drug-likeness (QED) is 0.697. The Bertz CT molecular complexity index is 570. The molecule has 0 radical (unpaired) electrons. The summed E-state index contributed by atoms with van der Waals surface area (Å²) in [6.45, 7) is 8.32. The van der Waals surface area contributed by atoms with Crippen LogP contribution < -0.4 is 0 Å². The largest absolute Gasteiger partial charge is 0.369 e. The van der Waals surface area contributed by atoms with Gasteiger partial charge in [0.15, 0.2) is 0 Å². The monoisotopic (exact) mass is 307 g/mol. The fourth-order valence-electron chi connectivity index (χ4n) is 2.17. The number of allylic oxidation sites excluding steroid dienone is 2. The maximum absolute atomic E-state index is 12.4. The number of rotatable bonds is 1. The summed E-state index contributed by atoms with van der Waals surface area (Å²) >= 11 is 1.76. The predicted octanol–water partition coefficient (Wildman–Crippen LogP) is 2.22. The third kappa shape index (κ3) is 3.20. The maximum Gasteiger partial charge on any atom is 0.283 e. The molecule has 2 aliphatic rings. The van der Waals surface area contributed by atoms with Crippen LogP contribution in [0.5, 0.6) is 0 Å². The zero-order chi connectivity index (χ0) is 15.8. The summed E-state index contributed by atoms with van der Waals surface area (Å²) in [7, 11) is 2.03. The van der Waals surface area contributed by atoms with E-state index in [0.717, 1.165) is 22.3 Å². The van der Waals surface area contributed by atoms with Crippen LogP contribution >= 0.6 is 11.8 Å². The second-order valence-corrected chi connectivity index (χ2v) is 7.31. The van der Waals surface area contributed by atoms with Crippen molar-refractivity contribution >= 4 is 29.3 Å². The molecule has 6 heteroatoms. The van der Waals surface area contributed by atoms with Crippen molar-refractivity contribution in [3.8, 4) is 0 Å². The summed E-state index contributed by atoms with van der Waals surface area (Å²) in [6, 6.07) is 0.